The van der Waals surface area contributed by atoms with Crippen LogP contribution < -0.4 is 0 Å². The molecule has 6 rings (SSSR count). The molecule has 5 nitrogen and oxygen atoms in total. The van der Waals surface area contributed by atoms with Crippen LogP contribution in [0.3, 0.4) is 0 Å². The van der Waals surface area contributed by atoms with E-state index in [0.29, 0.717) is 35.0 Å². The molecule has 5 heteroatoms. The molecule has 1 aromatic carbocycles. The summed E-state index contributed by atoms with van der Waals surface area (Å²) in [7, 11) is 0. The van der Waals surface area contributed by atoms with Crippen molar-refractivity contribution >= 4 is 11.8 Å². The van der Waals surface area contributed by atoms with E-state index in [9.17, 15) is 9.59 Å². The third-order valence-electron chi connectivity index (χ3n) is 11.8. The van der Waals surface area contributed by atoms with E-state index in [2.05, 4.69) is 13.8 Å². The number of Topliss-reactive ketones (excluding diaryl/α,β-unsaturated/α-hetero) is 1. The zero-order valence-corrected chi connectivity index (χ0v) is 23.5. The van der Waals surface area contributed by atoms with E-state index in [1.165, 1.54) is 6.42 Å². The van der Waals surface area contributed by atoms with Crippen LogP contribution in [-0.4, -0.2) is 36.9 Å². The standard InChI is InChI=1S/C33H46O5/c1-21(34)25-12-13-26-30-27(15-17-33(25,26)3)32(2)16-14-24(37-31(35)22-9-5-4-6-10-22)19-23(32)20-28(30)38-29-11-7-8-18-36-29/h4-6,9-10,23-30H,7-8,11-20H2,1-3H3/t23-,24+,25-,26+,27+,28-,29?,30+,32+,33-/m1/s1. The molecule has 1 aliphatic heterocycles. The van der Waals surface area contributed by atoms with Gasteiger partial charge in [-0.05, 0) is 124 Å². The van der Waals surface area contributed by atoms with Crippen LogP contribution in [-0.2, 0) is 19.0 Å². The van der Waals surface area contributed by atoms with Gasteiger partial charge in [0.2, 0.25) is 0 Å². The second kappa shape index (κ2) is 10.4. The highest BCUT2D eigenvalue weighted by molar-refractivity contribution is 5.89. The highest BCUT2D eigenvalue weighted by Gasteiger charge is 2.64. The molecule has 208 valence electrons. The summed E-state index contributed by atoms with van der Waals surface area (Å²) in [5.41, 5.74) is 0.949. The first kappa shape index (κ1) is 26.5. The predicted octanol–water partition coefficient (Wildman–Crippen LogP) is 6.98. The van der Waals surface area contributed by atoms with Crippen molar-refractivity contribution in [1.82, 2.24) is 0 Å². The second-order valence-electron chi connectivity index (χ2n) is 13.7. The van der Waals surface area contributed by atoms with E-state index >= 15 is 0 Å². The fraction of sp³-hybridized carbons (Fsp3) is 0.758. The number of ketones is 1. The Hall–Kier alpha value is -1.72. The Morgan fingerprint density at radius 1 is 0.895 bits per heavy atom. The van der Waals surface area contributed by atoms with Crippen molar-refractivity contribution in [2.24, 2.45) is 40.4 Å². The summed E-state index contributed by atoms with van der Waals surface area (Å²) < 4.78 is 19.1. The number of rotatable bonds is 5. The van der Waals surface area contributed by atoms with E-state index in [0.717, 1.165) is 70.8 Å². The first-order chi connectivity index (χ1) is 18.3. The highest BCUT2D eigenvalue weighted by atomic mass is 16.7. The highest BCUT2D eigenvalue weighted by Crippen LogP contribution is 2.68. The minimum Gasteiger partial charge on any atom is -0.459 e. The van der Waals surface area contributed by atoms with Crippen LogP contribution >= 0.6 is 0 Å². The molecular formula is C33H46O5. The smallest absolute Gasteiger partial charge is 0.338 e. The lowest BCUT2D eigenvalue weighted by atomic mass is 9.44. The molecule has 0 aromatic heterocycles. The van der Waals surface area contributed by atoms with Gasteiger partial charge in [0.15, 0.2) is 6.29 Å². The first-order valence-corrected chi connectivity index (χ1v) is 15.3. The van der Waals surface area contributed by atoms with Crippen molar-refractivity contribution in [3.05, 3.63) is 35.9 Å². The Labute approximate surface area is 228 Å². The molecule has 1 heterocycles. The van der Waals surface area contributed by atoms with Crippen molar-refractivity contribution in [2.75, 3.05) is 6.61 Å². The number of hydrogen-bond acceptors (Lipinski definition) is 5. The third-order valence-corrected chi connectivity index (χ3v) is 11.8. The SMILES string of the molecule is CC(=O)[C@H]1CC[C@H]2[C@@H]3[C@H](OC4CCCCO4)C[C@H]4C[C@@H](OC(=O)c5ccccc5)CC[C@]4(C)[C@H]3CC[C@]12C. The minimum atomic E-state index is -0.203. The average Bonchev–Trinajstić information content (AvgIpc) is 3.28. The summed E-state index contributed by atoms with van der Waals surface area (Å²) in [5.74, 6) is 2.44. The molecule has 5 aliphatic rings. The molecule has 1 aromatic rings. The van der Waals surface area contributed by atoms with Crippen molar-refractivity contribution in [3.63, 3.8) is 0 Å². The van der Waals surface area contributed by atoms with E-state index in [4.69, 9.17) is 14.2 Å². The maximum absolute atomic E-state index is 12.9. The van der Waals surface area contributed by atoms with Gasteiger partial charge >= 0.3 is 5.97 Å². The summed E-state index contributed by atoms with van der Waals surface area (Å²) in [5, 5.41) is 0. The van der Waals surface area contributed by atoms with Gasteiger partial charge in [0.25, 0.3) is 0 Å². The Kier molecular flexibility index (Phi) is 7.22. The molecule has 0 bridgehead atoms. The fourth-order valence-corrected chi connectivity index (χ4v) is 9.88. The third kappa shape index (κ3) is 4.56. The minimum absolute atomic E-state index is 0.0358. The van der Waals surface area contributed by atoms with Crippen molar-refractivity contribution in [3.8, 4) is 0 Å². The Balaban J connectivity index is 1.25. The molecule has 10 atom stereocenters. The van der Waals surface area contributed by atoms with Crippen LogP contribution in [0.4, 0.5) is 0 Å². The summed E-state index contributed by atoms with van der Waals surface area (Å²) in [6, 6.07) is 9.38. The lowest BCUT2D eigenvalue weighted by molar-refractivity contribution is -0.250. The van der Waals surface area contributed by atoms with Gasteiger partial charge in [-0.1, -0.05) is 32.0 Å². The fourth-order valence-electron chi connectivity index (χ4n) is 9.88. The first-order valence-electron chi connectivity index (χ1n) is 15.3. The number of hydrogen-bond donors (Lipinski definition) is 0. The molecule has 4 aliphatic carbocycles. The molecular weight excluding hydrogens is 476 g/mol. The number of carbonyl (C=O) groups is 2. The Morgan fingerprint density at radius 2 is 1.66 bits per heavy atom. The lowest BCUT2D eigenvalue weighted by Crippen LogP contribution is -2.60. The molecule has 1 unspecified atom stereocenters. The van der Waals surface area contributed by atoms with Crippen molar-refractivity contribution in [1.29, 1.82) is 0 Å². The monoisotopic (exact) mass is 522 g/mol. The molecule has 38 heavy (non-hydrogen) atoms. The van der Waals surface area contributed by atoms with E-state index in [1.807, 2.05) is 37.3 Å². The largest absolute Gasteiger partial charge is 0.459 e. The quantitative estimate of drug-likeness (QED) is 0.308. The van der Waals surface area contributed by atoms with Crippen LogP contribution in [0.15, 0.2) is 30.3 Å². The van der Waals surface area contributed by atoms with Gasteiger partial charge in [-0.15, -0.1) is 0 Å². The van der Waals surface area contributed by atoms with E-state index in [1.54, 1.807) is 0 Å². The zero-order chi connectivity index (χ0) is 26.5. The van der Waals surface area contributed by atoms with Crippen LogP contribution in [0.5, 0.6) is 0 Å². The number of ether oxygens (including phenoxy) is 3. The maximum Gasteiger partial charge on any atom is 0.338 e. The van der Waals surface area contributed by atoms with Crippen LogP contribution in [0.1, 0.15) is 102 Å². The van der Waals surface area contributed by atoms with Crippen LogP contribution in [0.25, 0.3) is 0 Å². The van der Waals surface area contributed by atoms with Gasteiger partial charge in [-0.25, -0.2) is 4.79 Å². The maximum atomic E-state index is 12.9. The molecule has 5 fully saturated rings. The zero-order valence-electron chi connectivity index (χ0n) is 23.5. The molecule has 0 spiro atoms. The van der Waals surface area contributed by atoms with Gasteiger partial charge in [0.1, 0.15) is 11.9 Å². The molecule has 4 saturated carbocycles. The molecule has 0 radical (unpaired) electrons. The summed E-state index contributed by atoms with van der Waals surface area (Å²) in [6.45, 7) is 7.54. The van der Waals surface area contributed by atoms with Gasteiger partial charge in [0, 0.05) is 12.5 Å². The summed E-state index contributed by atoms with van der Waals surface area (Å²) >= 11 is 0. The topological polar surface area (TPSA) is 61.8 Å². The van der Waals surface area contributed by atoms with Gasteiger partial charge < -0.3 is 14.2 Å². The normalized spacial score (nSPS) is 44.4. The molecule has 1 saturated heterocycles. The molecule has 0 N–H and O–H groups in total. The van der Waals surface area contributed by atoms with Gasteiger partial charge in [-0.3, -0.25) is 4.79 Å². The average molecular weight is 523 g/mol. The Bertz CT molecular complexity index is 1020. The number of carbonyl (C=O) groups excluding carboxylic acids is 2. The lowest BCUT2D eigenvalue weighted by Gasteiger charge is -2.63. The van der Waals surface area contributed by atoms with Gasteiger partial charge in [0.05, 0.1) is 11.7 Å². The number of fused-ring (bicyclic) bond motifs is 5. The van der Waals surface area contributed by atoms with Crippen molar-refractivity contribution < 1.29 is 23.8 Å². The summed E-state index contributed by atoms with van der Waals surface area (Å²) in [4.78, 5) is 25.6. The summed E-state index contributed by atoms with van der Waals surface area (Å²) in [6.07, 6.45) is 11.7. The van der Waals surface area contributed by atoms with Crippen molar-refractivity contribution in [2.45, 2.75) is 110 Å². The molecule has 0 amide bonds. The number of esters is 1. The van der Waals surface area contributed by atoms with Crippen LogP contribution in [0, 0.1) is 40.4 Å². The Morgan fingerprint density at radius 3 is 2.39 bits per heavy atom. The van der Waals surface area contributed by atoms with Gasteiger partial charge in [-0.2, -0.15) is 0 Å². The van der Waals surface area contributed by atoms with E-state index < -0.39 is 0 Å². The van der Waals surface area contributed by atoms with Crippen LogP contribution in [0.2, 0.25) is 0 Å². The predicted molar refractivity (Wildman–Crippen MR) is 145 cm³/mol. The van der Waals surface area contributed by atoms with E-state index in [-0.39, 0.29) is 41.2 Å². The second-order valence-corrected chi connectivity index (χ2v) is 13.7. The number of benzene rings is 1.